The minimum atomic E-state index is -1.35. The van der Waals surface area contributed by atoms with Crippen molar-refractivity contribution in [2.75, 3.05) is 19.8 Å². The van der Waals surface area contributed by atoms with Gasteiger partial charge in [0.1, 0.15) is 35.6 Å². The molecule has 0 radical (unpaired) electrons. The van der Waals surface area contributed by atoms with Gasteiger partial charge < -0.3 is 38.6 Å². The number of fused-ring (bicyclic) bond motifs is 1. The number of carbonyl (C=O) groups is 2. The van der Waals surface area contributed by atoms with Crippen molar-refractivity contribution in [1.29, 1.82) is 0 Å². The number of rotatable bonds is 1. The molecule has 4 saturated heterocycles. The molecule has 10 heteroatoms. The van der Waals surface area contributed by atoms with Crippen molar-refractivity contribution in [2.24, 2.45) is 10.8 Å². The highest BCUT2D eigenvalue weighted by Crippen LogP contribution is 2.72. The molecule has 214 valence electrons. The summed E-state index contributed by atoms with van der Waals surface area (Å²) in [6.45, 7) is 6.50. The highest BCUT2D eigenvalue weighted by molar-refractivity contribution is 5.82. The number of hydrogen-bond acceptors (Lipinski definition) is 10. The van der Waals surface area contributed by atoms with E-state index in [1.54, 1.807) is 13.0 Å². The van der Waals surface area contributed by atoms with Crippen molar-refractivity contribution < 1.29 is 48.2 Å². The maximum atomic E-state index is 13.6. The molecule has 2 aliphatic carbocycles. The zero-order chi connectivity index (χ0) is 27.4. The summed E-state index contributed by atoms with van der Waals surface area (Å²) in [5.41, 5.74) is -3.24. The van der Waals surface area contributed by atoms with Gasteiger partial charge in [0.15, 0.2) is 6.10 Å². The number of aliphatic hydroxyl groups is 2. The fraction of sp³-hybridized carbons (Fsp3) is 0.793. The van der Waals surface area contributed by atoms with Gasteiger partial charge in [-0.2, -0.15) is 0 Å². The second kappa shape index (κ2) is 8.36. The quantitative estimate of drug-likeness (QED) is 0.283. The van der Waals surface area contributed by atoms with Gasteiger partial charge in [0.05, 0.1) is 36.9 Å². The topological polar surface area (TPSA) is 137 Å². The lowest BCUT2D eigenvalue weighted by Gasteiger charge is -2.58. The molecule has 5 aliphatic heterocycles. The monoisotopic (exact) mass is 546 g/mol. The second-order valence-electron chi connectivity index (χ2n) is 12.9. The Morgan fingerprint density at radius 3 is 2.64 bits per heavy atom. The number of carbonyl (C=O) groups excluding carboxylic acids is 2. The number of esters is 2. The molecule has 5 fully saturated rings. The summed E-state index contributed by atoms with van der Waals surface area (Å²) in [7, 11) is 0. The van der Waals surface area contributed by atoms with Crippen molar-refractivity contribution in [2.45, 2.75) is 113 Å². The van der Waals surface area contributed by atoms with Crippen molar-refractivity contribution in [3.8, 4) is 0 Å². The number of epoxide rings is 2. The molecule has 3 spiro atoms. The Morgan fingerprint density at radius 2 is 1.90 bits per heavy atom. The molecule has 7 rings (SSSR count). The predicted octanol–water partition coefficient (Wildman–Crippen LogP) is 1.50. The van der Waals surface area contributed by atoms with Gasteiger partial charge in [-0.05, 0) is 39.5 Å². The van der Waals surface area contributed by atoms with Crippen LogP contribution in [0.4, 0.5) is 0 Å². The molecule has 39 heavy (non-hydrogen) atoms. The van der Waals surface area contributed by atoms with E-state index in [1.807, 2.05) is 0 Å². The van der Waals surface area contributed by atoms with Gasteiger partial charge in [0.25, 0.3) is 0 Å². The summed E-state index contributed by atoms with van der Waals surface area (Å²) in [5, 5.41) is 22.2. The Hall–Kier alpha value is -1.82. The minimum absolute atomic E-state index is 0.0442. The van der Waals surface area contributed by atoms with Gasteiger partial charge in [-0.25, -0.2) is 9.59 Å². The van der Waals surface area contributed by atoms with Crippen molar-refractivity contribution in [3.05, 3.63) is 23.8 Å². The number of allylic oxidation sites excluding steroid dienone is 2. The Bertz CT molecular complexity index is 1140. The molecule has 2 N–H and O–H groups in total. The molecule has 0 aromatic rings. The van der Waals surface area contributed by atoms with E-state index in [1.165, 1.54) is 11.6 Å². The predicted molar refractivity (Wildman–Crippen MR) is 133 cm³/mol. The van der Waals surface area contributed by atoms with Crippen LogP contribution in [0.2, 0.25) is 0 Å². The van der Waals surface area contributed by atoms with E-state index in [4.69, 9.17) is 28.4 Å². The molecule has 4 bridgehead atoms. The SMILES string of the molecule is CC1=C[C@@H]2O[C@H]3C[C@@H]4OC(=O)/C=C\CC[C@@]5([C@H](C)O)OCC[C@@]6(O[C@@H]6C(=O)OC[C@]2(CC1)[C@@]4(C)[C@]31CO1)[C@@H]5O. The third-order valence-electron chi connectivity index (χ3n) is 11.3. The Morgan fingerprint density at radius 1 is 1.10 bits per heavy atom. The van der Waals surface area contributed by atoms with Crippen LogP contribution < -0.4 is 0 Å². The molecule has 11 atom stereocenters. The highest BCUT2D eigenvalue weighted by Gasteiger charge is 2.83. The maximum Gasteiger partial charge on any atom is 0.338 e. The van der Waals surface area contributed by atoms with E-state index >= 15 is 0 Å². The number of hydrogen-bond donors (Lipinski definition) is 2. The van der Waals surface area contributed by atoms with Crippen LogP contribution in [-0.4, -0.2) is 95.4 Å². The third-order valence-corrected chi connectivity index (χ3v) is 11.3. The first kappa shape index (κ1) is 26.1. The summed E-state index contributed by atoms with van der Waals surface area (Å²) in [6.07, 6.45) is 3.80. The van der Waals surface area contributed by atoms with Crippen LogP contribution in [0.5, 0.6) is 0 Å². The van der Waals surface area contributed by atoms with Crippen molar-refractivity contribution >= 4 is 11.9 Å². The molecular formula is C29H38O10. The molecule has 5 heterocycles. The zero-order valence-corrected chi connectivity index (χ0v) is 22.7. The first-order valence-electron chi connectivity index (χ1n) is 14.2. The van der Waals surface area contributed by atoms with Crippen LogP contribution in [0.1, 0.15) is 59.3 Å². The van der Waals surface area contributed by atoms with Gasteiger partial charge in [-0.3, -0.25) is 0 Å². The smallest absolute Gasteiger partial charge is 0.338 e. The van der Waals surface area contributed by atoms with Crippen LogP contribution in [0.3, 0.4) is 0 Å². The summed E-state index contributed by atoms with van der Waals surface area (Å²) < 4.78 is 36.9. The molecule has 10 nitrogen and oxygen atoms in total. The second-order valence-corrected chi connectivity index (χ2v) is 12.9. The van der Waals surface area contributed by atoms with Gasteiger partial charge in [0, 0.05) is 24.3 Å². The summed E-state index contributed by atoms with van der Waals surface area (Å²) >= 11 is 0. The van der Waals surface area contributed by atoms with Crippen LogP contribution in [-0.2, 0) is 38.0 Å². The van der Waals surface area contributed by atoms with Gasteiger partial charge in [0.2, 0.25) is 0 Å². The van der Waals surface area contributed by atoms with Crippen molar-refractivity contribution in [1.82, 2.24) is 0 Å². The van der Waals surface area contributed by atoms with Gasteiger partial charge in [-0.1, -0.05) is 24.6 Å². The molecule has 7 aliphatic rings. The average molecular weight is 547 g/mol. The number of ether oxygens (including phenoxy) is 6. The van der Waals surface area contributed by atoms with Gasteiger partial charge in [-0.15, -0.1) is 0 Å². The normalized spacial score (nSPS) is 54.0. The van der Waals surface area contributed by atoms with E-state index in [2.05, 4.69) is 19.9 Å². The van der Waals surface area contributed by atoms with Crippen LogP contribution in [0.15, 0.2) is 23.8 Å². The average Bonchev–Trinajstić information content (AvgIpc) is 3.81. The van der Waals surface area contributed by atoms with Gasteiger partial charge >= 0.3 is 11.9 Å². The lowest BCUT2D eigenvalue weighted by molar-refractivity contribution is -0.233. The minimum Gasteiger partial charge on any atom is -0.463 e. The van der Waals surface area contributed by atoms with Crippen LogP contribution in [0, 0.1) is 10.8 Å². The Kier molecular flexibility index (Phi) is 5.60. The highest BCUT2D eigenvalue weighted by atomic mass is 16.7. The van der Waals surface area contributed by atoms with E-state index < -0.39 is 64.0 Å². The van der Waals surface area contributed by atoms with E-state index in [9.17, 15) is 19.8 Å². The lowest BCUT2D eigenvalue weighted by Crippen LogP contribution is -2.67. The first-order chi connectivity index (χ1) is 18.5. The van der Waals surface area contributed by atoms with E-state index in [-0.39, 0.29) is 31.8 Å². The van der Waals surface area contributed by atoms with Crippen molar-refractivity contribution in [3.63, 3.8) is 0 Å². The number of cyclic esters (lactones) is 1. The number of aliphatic hydroxyl groups excluding tert-OH is 2. The largest absolute Gasteiger partial charge is 0.463 e. The summed E-state index contributed by atoms with van der Waals surface area (Å²) in [5.74, 6) is -1.02. The Balaban J connectivity index is 1.28. The Labute approximate surface area is 227 Å². The molecule has 0 unspecified atom stereocenters. The fourth-order valence-electron chi connectivity index (χ4n) is 8.71. The maximum absolute atomic E-state index is 13.6. The van der Waals surface area contributed by atoms with Crippen LogP contribution in [0.25, 0.3) is 0 Å². The third kappa shape index (κ3) is 3.24. The summed E-state index contributed by atoms with van der Waals surface area (Å²) in [6, 6.07) is 0. The van der Waals surface area contributed by atoms with Crippen LogP contribution >= 0.6 is 0 Å². The first-order valence-corrected chi connectivity index (χ1v) is 14.2. The summed E-state index contributed by atoms with van der Waals surface area (Å²) in [4.78, 5) is 26.7. The van der Waals surface area contributed by atoms with E-state index in [0.717, 1.165) is 6.42 Å². The standard InChI is InChI=1S/C29H38O10/c1-16-7-9-26-14-34-23(32)22-28(39-22)10-11-35-27(17(2)30,24(28)33)8-5-4-6-21(31)38-18-13-20(37-19(26)12-16)29(15-36-29)25(18,26)3/h4,6,12,17-20,22,24,30,33H,5,7-11,13-15H2,1-3H3/b6-4-/t17-,18-,19-,20-,22+,24+,25-,26-,27-,28-,29-/m0/s1. The molecule has 1 saturated carbocycles. The molecular weight excluding hydrogens is 508 g/mol. The fourth-order valence-corrected chi connectivity index (χ4v) is 8.71. The lowest BCUT2D eigenvalue weighted by atomic mass is 9.51. The molecule has 0 aromatic heterocycles. The van der Waals surface area contributed by atoms with E-state index in [0.29, 0.717) is 32.3 Å². The molecule has 0 amide bonds. The molecule has 0 aromatic carbocycles. The zero-order valence-electron chi connectivity index (χ0n) is 22.7.